The van der Waals surface area contributed by atoms with Gasteiger partial charge in [-0.1, -0.05) is 31.5 Å². The molecule has 2 aromatic heterocycles. The maximum absolute atomic E-state index is 9.96. The van der Waals surface area contributed by atoms with Crippen LogP contribution in [0.2, 0.25) is 5.02 Å². The molecular formula is C25H35ClN8O2. The zero-order valence-electron chi connectivity index (χ0n) is 21.5. The molecule has 1 aliphatic heterocycles. The summed E-state index contributed by atoms with van der Waals surface area (Å²) >= 11 is 6.38. The van der Waals surface area contributed by atoms with Gasteiger partial charge in [0.1, 0.15) is 17.0 Å². The summed E-state index contributed by atoms with van der Waals surface area (Å²) in [5, 5.41) is 27.7. The van der Waals surface area contributed by atoms with E-state index in [1.165, 1.54) is 6.20 Å². The number of aliphatic hydroxyl groups is 1. The van der Waals surface area contributed by atoms with Crippen molar-refractivity contribution in [3.8, 4) is 11.9 Å². The lowest BCUT2D eigenvalue weighted by atomic mass is 10.0. The molecule has 0 amide bonds. The van der Waals surface area contributed by atoms with Crippen LogP contribution in [0.5, 0.6) is 5.75 Å². The Hall–Kier alpha value is -3.42. The molecule has 0 saturated carbocycles. The van der Waals surface area contributed by atoms with Gasteiger partial charge in [-0.15, -0.1) is 0 Å². The second-order valence-corrected chi connectivity index (χ2v) is 8.19. The van der Waals surface area contributed by atoms with Gasteiger partial charge in [0.15, 0.2) is 12.3 Å². The highest BCUT2D eigenvalue weighted by Gasteiger charge is 2.22. The highest BCUT2D eigenvalue weighted by Crippen LogP contribution is 2.30. The highest BCUT2D eigenvalue weighted by atomic mass is 35.5. The average molecular weight is 515 g/mol. The highest BCUT2D eigenvalue weighted by molar-refractivity contribution is 6.47. The first-order valence-corrected chi connectivity index (χ1v) is 12.4. The van der Waals surface area contributed by atoms with Crippen molar-refractivity contribution in [1.82, 2.24) is 14.5 Å². The monoisotopic (exact) mass is 514 g/mol. The lowest BCUT2D eigenvalue weighted by Crippen LogP contribution is -2.32. The molecule has 0 aliphatic carbocycles. The Bertz CT molecular complexity index is 1170. The van der Waals surface area contributed by atoms with E-state index in [-0.39, 0.29) is 12.6 Å². The molecule has 0 aromatic carbocycles. The number of allylic oxidation sites excluding steroid dienone is 1. The van der Waals surface area contributed by atoms with Crippen LogP contribution in [0.15, 0.2) is 45.3 Å². The van der Waals surface area contributed by atoms with Gasteiger partial charge in [0.25, 0.3) is 0 Å². The van der Waals surface area contributed by atoms with Crippen molar-refractivity contribution in [3.63, 3.8) is 0 Å². The third-order valence-electron chi connectivity index (χ3n) is 5.60. The van der Waals surface area contributed by atoms with Gasteiger partial charge >= 0.3 is 0 Å². The van der Waals surface area contributed by atoms with Gasteiger partial charge in [-0.3, -0.25) is 9.98 Å². The number of piperidine rings is 1. The summed E-state index contributed by atoms with van der Waals surface area (Å²) in [6, 6.07) is 1.85. The number of hydrazone groups is 1. The Morgan fingerprint density at radius 3 is 2.64 bits per heavy atom. The molecule has 0 radical (unpaired) electrons. The molecule has 11 heteroatoms. The van der Waals surface area contributed by atoms with Gasteiger partial charge in [0.2, 0.25) is 0 Å². The molecule has 1 unspecified atom stereocenters. The quantitative estimate of drug-likeness (QED) is 0.238. The van der Waals surface area contributed by atoms with Gasteiger partial charge in [-0.2, -0.15) is 15.5 Å². The number of aliphatic hydroxyl groups excluding tert-OH is 1. The molecule has 3 N–H and O–H groups in total. The smallest absolute Gasteiger partial charge is 0.179 e. The molecule has 1 aliphatic rings. The first kappa shape index (κ1) is 28.8. The van der Waals surface area contributed by atoms with Crippen molar-refractivity contribution in [2.75, 3.05) is 19.7 Å². The summed E-state index contributed by atoms with van der Waals surface area (Å²) in [5.74, 6) is 6.19. The molecule has 1 saturated heterocycles. The van der Waals surface area contributed by atoms with Crippen LogP contribution in [0.1, 0.15) is 53.0 Å². The minimum Gasteiger partial charge on any atom is -0.479 e. The van der Waals surface area contributed by atoms with Crippen molar-refractivity contribution in [2.24, 2.45) is 20.9 Å². The first-order valence-electron chi connectivity index (χ1n) is 12.0. The molecule has 1 fully saturated rings. The van der Waals surface area contributed by atoms with Crippen molar-refractivity contribution in [1.29, 1.82) is 5.26 Å². The van der Waals surface area contributed by atoms with Gasteiger partial charge in [0, 0.05) is 31.1 Å². The Morgan fingerprint density at radius 2 is 2.08 bits per heavy atom. The molecule has 0 spiro atoms. The molecule has 3 rings (SSSR count). The van der Waals surface area contributed by atoms with E-state index in [1.54, 1.807) is 40.9 Å². The van der Waals surface area contributed by atoms with Crippen LogP contribution in [0.4, 0.5) is 0 Å². The SMILES string of the molecule is CC.CC=N/C(=C\C)C(CO)Oc1cc(/C(=N/N)C(C)=NC2CCN(C#N)CC2)cn2ncc(Cl)c12. The number of fused-ring (bicyclic) bond motifs is 1. The first-order chi connectivity index (χ1) is 17.4. The Kier molecular flexibility index (Phi) is 11.4. The minimum atomic E-state index is -0.704. The number of pyridine rings is 1. The average Bonchev–Trinajstić information content (AvgIpc) is 3.28. The maximum atomic E-state index is 9.96. The largest absolute Gasteiger partial charge is 0.479 e. The fourth-order valence-corrected chi connectivity index (χ4v) is 4.13. The summed E-state index contributed by atoms with van der Waals surface area (Å²) in [6.45, 7) is 10.6. The number of aromatic nitrogens is 2. The number of hydrogen-bond acceptors (Lipinski definition) is 9. The molecule has 36 heavy (non-hydrogen) atoms. The van der Waals surface area contributed by atoms with Gasteiger partial charge in [0.05, 0.1) is 35.3 Å². The number of nitriles is 1. The van der Waals surface area contributed by atoms with Crippen LogP contribution in [0, 0.1) is 11.5 Å². The van der Waals surface area contributed by atoms with E-state index < -0.39 is 6.10 Å². The predicted octanol–water partition coefficient (Wildman–Crippen LogP) is 3.82. The normalized spacial score (nSPS) is 16.6. The predicted molar refractivity (Wildman–Crippen MR) is 145 cm³/mol. The van der Waals surface area contributed by atoms with E-state index in [0.29, 0.717) is 52.1 Å². The van der Waals surface area contributed by atoms with E-state index in [9.17, 15) is 5.11 Å². The van der Waals surface area contributed by atoms with Crippen LogP contribution in [-0.2, 0) is 0 Å². The third-order valence-corrected chi connectivity index (χ3v) is 5.87. The fourth-order valence-electron chi connectivity index (χ4n) is 3.91. The second-order valence-electron chi connectivity index (χ2n) is 7.78. The minimum absolute atomic E-state index is 0.0860. The third kappa shape index (κ3) is 6.83. The number of nitrogens with two attached hydrogens (primary N) is 1. The van der Waals surface area contributed by atoms with Crippen molar-refractivity contribution in [2.45, 2.75) is 59.6 Å². The van der Waals surface area contributed by atoms with Crippen molar-refractivity contribution in [3.05, 3.63) is 40.8 Å². The lowest BCUT2D eigenvalue weighted by molar-refractivity contribution is 0.141. The van der Waals surface area contributed by atoms with Gasteiger partial charge < -0.3 is 20.6 Å². The number of rotatable bonds is 8. The fraction of sp³-hybridized carbons (Fsp3) is 0.480. The summed E-state index contributed by atoms with van der Waals surface area (Å²) in [4.78, 5) is 10.8. The summed E-state index contributed by atoms with van der Waals surface area (Å²) in [5.41, 5.74) is 2.93. The standard InChI is InChI=1S/C23H29ClN8O2.C2H6/c1-4-19(27-5-2)21(13-33)34-20-10-16(12-32-23(20)18(24)11-28-32)22(30-26)15(3)29-17-6-8-31(14-25)9-7-17;1-2/h4-5,10-12,17,21,33H,6-9,13,26H2,1-3H3;1-2H3/b19-4-,27-5?,29-15?,30-22+;. The molecule has 1 atom stereocenters. The molecule has 0 bridgehead atoms. The van der Waals surface area contributed by atoms with E-state index >= 15 is 0 Å². The molecule has 10 nitrogen and oxygen atoms in total. The van der Waals surface area contributed by atoms with Gasteiger partial charge in [-0.05, 0) is 39.7 Å². The maximum Gasteiger partial charge on any atom is 0.179 e. The van der Waals surface area contributed by atoms with E-state index in [4.69, 9.17) is 32.4 Å². The van der Waals surface area contributed by atoms with Crippen LogP contribution < -0.4 is 10.6 Å². The van der Waals surface area contributed by atoms with Crippen LogP contribution >= 0.6 is 11.6 Å². The summed E-state index contributed by atoms with van der Waals surface area (Å²) in [6.07, 6.45) is 9.74. The van der Waals surface area contributed by atoms with Crippen molar-refractivity contribution >= 4 is 34.8 Å². The number of ether oxygens (including phenoxy) is 1. The van der Waals surface area contributed by atoms with E-state index in [1.807, 2.05) is 27.7 Å². The van der Waals surface area contributed by atoms with Crippen molar-refractivity contribution < 1.29 is 9.84 Å². The van der Waals surface area contributed by atoms with E-state index in [0.717, 1.165) is 12.8 Å². The zero-order chi connectivity index (χ0) is 26.7. The topological polar surface area (TPSA) is 137 Å². The summed E-state index contributed by atoms with van der Waals surface area (Å²) in [7, 11) is 0. The number of likely N-dealkylation sites (tertiary alicyclic amines) is 1. The molecule has 194 valence electrons. The summed E-state index contributed by atoms with van der Waals surface area (Å²) < 4.78 is 7.75. The molecular weight excluding hydrogens is 480 g/mol. The Labute approximate surface area is 217 Å². The number of halogens is 1. The zero-order valence-corrected chi connectivity index (χ0v) is 22.3. The van der Waals surface area contributed by atoms with Gasteiger partial charge in [-0.25, -0.2) is 4.52 Å². The number of nitrogens with zero attached hydrogens (tertiary/aromatic N) is 7. The van der Waals surface area contributed by atoms with Crippen LogP contribution in [0.3, 0.4) is 0 Å². The Balaban J connectivity index is 0.00000222. The van der Waals surface area contributed by atoms with Crippen LogP contribution in [-0.4, -0.2) is 69.1 Å². The lowest BCUT2D eigenvalue weighted by Gasteiger charge is -2.26. The number of aliphatic imine (C=N–C) groups is 2. The van der Waals surface area contributed by atoms with E-state index in [2.05, 4.69) is 21.4 Å². The molecule has 3 heterocycles. The second kappa shape index (κ2) is 14.2. The van der Waals surface area contributed by atoms with Crippen LogP contribution in [0.25, 0.3) is 5.52 Å². The molecule has 2 aromatic rings. The number of hydrogen-bond donors (Lipinski definition) is 2. The Morgan fingerprint density at radius 1 is 1.39 bits per heavy atom.